The highest BCUT2D eigenvalue weighted by Crippen LogP contribution is 2.32. The van der Waals surface area contributed by atoms with Crippen LogP contribution in [0.2, 0.25) is 0 Å². The first-order valence-corrected chi connectivity index (χ1v) is 7.74. The van der Waals surface area contributed by atoms with Crippen LogP contribution in [0.5, 0.6) is 5.75 Å². The van der Waals surface area contributed by atoms with E-state index >= 15 is 0 Å². The molecule has 0 spiro atoms. The van der Waals surface area contributed by atoms with Crippen molar-refractivity contribution >= 4 is 22.8 Å². The maximum absolute atomic E-state index is 14.1. The van der Waals surface area contributed by atoms with Crippen LogP contribution in [-0.2, 0) is 0 Å². The largest absolute Gasteiger partial charge is 0.492 e. The van der Waals surface area contributed by atoms with Crippen molar-refractivity contribution in [2.24, 2.45) is 0 Å². The van der Waals surface area contributed by atoms with Crippen molar-refractivity contribution in [2.75, 3.05) is 31.0 Å². The van der Waals surface area contributed by atoms with Gasteiger partial charge in [-0.2, -0.15) is 15.0 Å². The van der Waals surface area contributed by atoms with E-state index in [0.717, 1.165) is 6.07 Å². The molecule has 0 amide bonds. The number of hydrogen-bond donors (Lipinski definition) is 2. The first-order valence-electron chi connectivity index (χ1n) is 7.74. The Morgan fingerprint density at radius 2 is 2.04 bits per heavy atom. The lowest BCUT2D eigenvalue weighted by Crippen LogP contribution is -2.09. The normalized spacial score (nSPS) is 10.3. The lowest BCUT2D eigenvalue weighted by molar-refractivity contribution is 0.388. The monoisotopic (exact) mass is 369 g/mol. The summed E-state index contributed by atoms with van der Waals surface area (Å²) >= 11 is 0. The molecule has 1 aromatic carbocycles. The highest BCUT2D eigenvalue weighted by Gasteiger charge is 2.15. The van der Waals surface area contributed by atoms with Crippen LogP contribution in [0.1, 0.15) is 11.3 Å². The van der Waals surface area contributed by atoms with E-state index in [1.165, 1.54) is 30.0 Å². The SMILES string of the molecule is COc1c(F)cc(C#N)cc1Nc1cc(NCCF)c2ncc(C#N)n2n1. The number of nitrogens with one attached hydrogen (secondary N) is 2. The number of methoxy groups -OCH3 is 1. The molecule has 2 aromatic heterocycles. The molecule has 0 fully saturated rings. The van der Waals surface area contributed by atoms with E-state index in [4.69, 9.17) is 10.00 Å². The van der Waals surface area contributed by atoms with Gasteiger partial charge in [-0.3, -0.25) is 0 Å². The van der Waals surface area contributed by atoms with Crippen LogP contribution in [0.4, 0.5) is 26.0 Å². The Balaban J connectivity index is 2.11. The second kappa shape index (κ2) is 7.54. The van der Waals surface area contributed by atoms with Crippen LogP contribution in [0.15, 0.2) is 24.4 Å². The summed E-state index contributed by atoms with van der Waals surface area (Å²) in [6.45, 7) is -0.567. The molecule has 0 aliphatic rings. The van der Waals surface area contributed by atoms with Gasteiger partial charge in [-0.15, -0.1) is 5.10 Å². The van der Waals surface area contributed by atoms with Gasteiger partial charge in [-0.05, 0) is 12.1 Å². The Morgan fingerprint density at radius 3 is 2.70 bits per heavy atom. The molecule has 27 heavy (non-hydrogen) atoms. The molecule has 0 saturated carbocycles. The van der Waals surface area contributed by atoms with Crippen molar-refractivity contribution in [3.63, 3.8) is 0 Å². The number of fused-ring (bicyclic) bond motifs is 1. The third-order valence-electron chi connectivity index (χ3n) is 3.63. The summed E-state index contributed by atoms with van der Waals surface area (Å²) in [6.07, 6.45) is 1.34. The third-order valence-corrected chi connectivity index (χ3v) is 3.63. The van der Waals surface area contributed by atoms with Crippen LogP contribution < -0.4 is 15.4 Å². The fourth-order valence-electron chi connectivity index (χ4n) is 2.51. The summed E-state index contributed by atoms with van der Waals surface area (Å²) in [5.74, 6) is -0.595. The number of nitriles is 2. The molecular formula is C17H13F2N7O. The molecule has 0 unspecified atom stereocenters. The van der Waals surface area contributed by atoms with Gasteiger partial charge in [0.1, 0.15) is 12.7 Å². The van der Waals surface area contributed by atoms with Crippen molar-refractivity contribution in [3.8, 4) is 17.9 Å². The molecule has 3 rings (SSSR count). The smallest absolute Gasteiger partial charge is 0.178 e. The summed E-state index contributed by atoms with van der Waals surface area (Å²) in [4.78, 5) is 4.10. The molecular weight excluding hydrogens is 356 g/mol. The second-order valence-electron chi connectivity index (χ2n) is 5.33. The zero-order chi connectivity index (χ0) is 19.4. The minimum Gasteiger partial charge on any atom is -0.492 e. The van der Waals surface area contributed by atoms with Gasteiger partial charge >= 0.3 is 0 Å². The molecule has 2 heterocycles. The molecule has 10 heteroatoms. The summed E-state index contributed by atoms with van der Waals surface area (Å²) < 4.78 is 33.0. The molecule has 0 radical (unpaired) electrons. The van der Waals surface area contributed by atoms with Crippen molar-refractivity contribution in [2.45, 2.75) is 0 Å². The zero-order valence-electron chi connectivity index (χ0n) is 14.1. The maximum atomic E-state index is 14.1. The number of ether oxygens (including phenoxy) is 1. The van der Waals surface area contributed by atoms with Crippen molar-refractivity contribution in [1.82, 2.24) is 14.6 Å². The fraction of sp³-hybridized carbons (Fsp3) is 0.176. The lowest BCUT2D eigenvalue weighted by Gasteiger charge is -2.14. The Bertz CT molecular complexity index is 1080. The predicted molar refractivity (Wildman–Crippen MR) is 93.1 cm³/mol. The first kappa shape index (κ1) is 17.9. The number of halogens is 2. The molecule has 0 saturated heterocycles. The topological polar surface area (TPSA) is 111 Å². The highest BCUT2D eigenvalue weighted by molar-refractivity contribution is 5.74. The fourth-order valence-corrected chi connectivity index (χ4v) is 2.51. The van der Waals surface area contributed by atoms with E-state index in [1.54, 1.807) is 0 Å². The second-order valence-corrected chi connectivity index (χ2v) is 5.33. The van der Waals surface area contributed by atoms with Gasteiger partial charge in [0.2, 0.25) is 0 Å². The minimum atomic E-state index is -0.712. The Hall–Kier alpha value is -3.92. The average Bonchev–Trinajstić information content (AvgIpc) is 3.09. The van der Waals surface area contributed by atoms with Gasteiger partial charge in [0.25, 0.3) is 0 Å². The number of nitrogens with zero attached hydrogens (tertiary/aromatic N) is 5. The van der Waals surface area contributed by atoms with Crippen LogP contribution in [0, 0.1) is 28.5 Å². The summed E-state index contributed by atoms with van der Waals surface area (Å²) in [5.41, 5.74) is 1.21. The van der Waals surface area contributed by atoms with E-state index in [-0.39, 0.29) is 35.1 Å². The van der Waals surface area contributed by atoms with Gasteiger partial charge in [0, 0.05) is 12.6 Å². The minimum absolute atomic E-state index is 0.0374. The van der Waals surface area contributed by atoms with Gasteiger partial charge in [-0.1, -0.05) is 0 Å². The quantitative estimate of drug-likeness (QED) is 0.687. The lowest BCUT2D eigenvalue weighted by atomic mass is 10.2. The summed E-state index contributed by atoms with van der Waals surface area (Å²) in [6, 6.07) is 7.81. The van der Waals surface area contributed by atoms with Crippen LogP contribution in [-0.4, -0.2) is 34.9 Å². The molecule has 0 aliphatic heterocycles. The standard InChI is InChI=1S/C17H13F2N7O/c1-27-16-12(19)4-10(7-20)5-13(16)24-15-6-14(22-3-2-18)17-23-9-11(8-21)26(17)25-15/h4-6,9,22H,2-3H2,1H3,(H,24,25). The number of hydrogen-bond acceptors (Lipinski definition) is 7. The summed E-state index contributed by atoms with van der Waals surface area (Å²) in [7, 11) is 1.30. The summed E-state index contributed by atoms with van der Waals surface area (Å²) in [5, 5.41) is 28.2. The van der Waals surface area contributed by atoms with Crippen LogP contribution in [0.25, 0.3) is 5.65 Å². The zero-order valence-corrected chi connectivity index (χ0v) is 14.1. The van der Waals surface area contributed by atoms with Gasteiger partial charge in [-0.25, -0.2) is 13.8 Å². The third kappa shape index (κ3) is 3.41. The number of rotatable bonds is 6. The Morgan fingerprint density at radius 1 is 1.22 bits per heavy atom. The van der Waals surface area contributed by atoms with Gasteiger partial charge in [0.05, 0.1) is 36.3 Å². The molecule has 8 nitrogen and oxygen atoms in total. The van der Waals surface area contributed by atoms with Crippen molar-refractivity contribution in [3.05, 3.63) is 41.5 Å². The van der Waals surface area contributed by atoms with E-state index in [1.807, 2.05) is 12.1 Å². The Labute approximate surface area is 152 Å². The first-order chi connectivity index (χ1) is 13.1. The van der Waals surface area contributed by atoms with Crippen molar-refractivity contribution < 1.29 is 13.5 Å². The number of anilines is 3. The molecule has 0 aliphatic carbocycles. The van der Waals surface area contributed by atoms with Gasteiger partial charge < -0.3 is 15.4 Å². The number of aromatic nitrogens is 3. The van der Waals surface area contributed by atoms with E-state index < -0.39 is 12.5 Å². The number of imidazole rings is 1. The van der Waals surface area contributed by atoms with E-state index in [2.05, 4.69) is 20.7 Å². The molecule has 2 N–H and O–H groups in total. The van der Waals surface area contributed by atoms with Crippen LogP contribution >= 0.6 is 0 Å². The van der Waals surface area contributed by atoms with Gasteiger partial charge in [0.15, 0.2) is 28.7 Å². The highest BCUT2D eigenvalue weighted by atomic mass is 19.1. The molecule has 0 bridgehead atoms. The predicted octanol–water partition coefficient (Wildman–Crippen LogP) is 2.75. The maximum Gasteiger partial charge on any atom is 0.178 e. The average molecular weight is 369 g/mol. The van der Waals surface area contributed by atoms with Crippen LogP contribution in [0.3, 0.4) is 0 Å². The molecule has 136 valence electrons. The number of benzene rings is 1. The number of alkyl halides is 1. The Kier molecular flexibility index (Phi) is 4.99. The van der Waals surface area contributed by atoms with Crippen molar-refractivity contribution in [1.29, 1.82) is 10.5 Å². The molecule has 3 aromatic rings. The molecule has 0 atom stereocenters. The van der Waals surface area contributed by atoms with E-state index in [0.29, 0.717) is 11.3 Å². The van der Waals surface area contributed by atoms with E-state index in [9.17, 15) is 14.0 Å².